The summed E-state index contributed by atoms with van der Waals surface area (Å²) in [6, 6.07) is 11.7. The monoisotopic (exact) mass is 424 g/mol. The number of anilines is 1. The normalized spacial score (nSPS) is 11.5. The van der Waals surface area contributed by atoms with Crippen LogP contribution in [0, 0.1) is 0 Å². The Kier molecular flexibility index (Phi) is 7.62. The standard InChI is InChI=1S/C19H18Cl2N2O3S/c1-2-12-22-27(25,26)13-14-6-9-16(10-7-14)23-18(24)11-8-15-4-3-5-17(20)19(15)21/h2-11,22H,1,12-13H2,(H,23,24)/b11-8+. The van der Waals surface area contributed by atoms with E-state index in [1.807, 2.05) is 0 Å². The molecular weight excluding hydrogens is 407 g/mol. The number of benzene rings is 2. The van der Waals surface area contributed by atoms with E-state index in [1.54, 1.807) is 48.5 Å². The summed E-state index contributed by atoms with van der Waals surface area (Å²) in [6.45, 7) is 3.65. The molecule has 0 aromatic heterocycles. The first kappa shape index (κ1) is 21.2. The molecule has 27 heavy (non-hydrogen) atoms. The van der Waals surface area contributed by atoms with E-state index < -0.39 is 10.0 Å². The van der Waals surface area contributed by atoms with Crippen LogP contribution in [0.4, 0.5) is 5.69 Å². The van der Waals surface area contributed by atoms with Crippen LogP contribution in [0.25, 0.3) is 6.08 Å². The Balaban J connectivity index is 1.97. The van der Waals surface area contributed by atoms with E-state index in [0.717, 1.165) is 0 Å². The summed E-state index contributed by atoms with van der Waals surface area (Å²) in [5, 5.41) is 3.47. The van der Waals surface area contributed by atoms with E-state index >= 15 is 0 Å². The first-order valence-corrected chi connectivity index (χ1v) is 10.3. The topological polar surface area (TPSA) is 75.3 Å². The quantitative estimate of drug-likeness (QED) is 0.491. The van der Waals surface area contributed by atoms with Gasteiger partial charge in [0.15, 0.2) is 0 Å². The highest BCUT2D eigenvalue weighted by Crippen LogP contribution is 2.26. The average Bonchev–Trinajstić information content (AvgIpc) is 2.63. The number of carbonyl (C=O) groups excluding carboxylic acids is 1. The molecule has 0 unspecified atom stereocenters. The van der Waals surface area contributed by atoms with Crippen molar-refractivity contribution in [3.8, 4) is 0 Å². The van der Waals surface area contributed by atoms with Crippen molar-refractivity contribution in [1.82, 2.24) is 4.72 Å². The SMILES string of the molecule is C=CCNS(=O)(=O)Cc1ccc(NC(=O)/C=C/c2cccc(Cl)c2Cl)cc1. The molecule has 0 fully saturated rings. The van der Waals surface area contributed by atoms with Crippen LogP contribution < -0.4 is 10.0 Å². The number of sulfonamides is 1. The minimum Gasteiger partial charge on any atom is -0.323 e. The van der Waals surface area contributed by atoms with Crippen LogP contribution in [-0.2, 0) is 20.6 Å². The van der Waals surface area contributed by atoms with E-state index in [0.29, 0.717) is 26.9 Å². The van der Waals surface area contributed by atoms with Crippen molar-refractivity contribution in [2.75, 3.05) is 11.9 Å². The van der Waals surface area contributed by atoms with Gasteiger partial charge in [-0.1, -0.05) is 53.5 Å². The van der Waals surface area contributed by atoms with Crippen molar-refractivity contribution in [3.05, 3.63) is 82.4 Å². The fourth-order valence-corrected chi connectivity index (χ4v) is 3.62. The fourth-order valence-electron chi connectivity index (χ4n) is 2.14. The average molecular weight is 425 g/mol. The largest absolute Gasteiger partial charge is 0.323 e. The van der Waals surface area contributed by atoms with Gasteiger partial charge < -0.3 is 5.32 Å². The number of rotatable bonds is 8. The fraction of sp³-hybridized carbons (Fsp3) is 0.105. The molecule has 0 bridgehead atoms. The zero-order valence-corrected chi connectivity index (χ0v) is 16.6. The maximum atomic E-state index is 12.0. The van der Waals surface area contributed by atoms with Gasteiger partial charge in [0.25, 0.3) is 0 Å². The Morgan fingerprint density at radius 1 is 1.11 bits per heavy atom. The Morgan fingerprint density at radius 3 is 2.48 bits per heavy atom. The number of amides is 1. The molecule has 0 aliphatic carbocycles. The lowest BCUT2D eigenvalue weighted by molar-refractivity contribution is -0.111. The summed E-state index contributed by atoms with van der Waals surface area (Å²) >= 11 is 12.0. The second kappa shape index (κ2) is 9.71. The molecule has 5 nitrogen and oxygen atoms in total. The summed E-state index contributed by atoms with van der Waals surface area (Å²) in [4.78, 5) is 12.0. The van der Waals surface area contributed by atoms with Crippen molar-refractivity contribution in [2.24, 2.45) is 0 Å². The third-order valence-electron chi connectivity index (χ3n) is 3.42. The summed E-state index contributed by atoms with van der Waals surface area (Å²) in [5.74, 6) is -0.499. The smallest absolute Gasteiger partial charge is 0.248 e. The van der Waals surface area contributed by atoms with Crippen molar-refractivity contribution in [3.63, 3.8) is 0 Å². The van der Waals surface area contributed by atoms with Gasteiger partial charge in [0.2, 0.25) is 15.9 Å². The van der Waals surface area contributed by atoms with E-state index in [1.165, 1.54) is 12.2 Å². The highest BCUT2D eigenvalue weighted by atomic mass is 35.5. The maximum absolute atomic E-state index is 12.0. The molecule has 0 aliphatic rings. The number of halogens is 2. The molecule has 0 aliphatic heterocycles. The van der Waals surface area contributed by atoms with Crippen LogP contribution in [0.5, 0.6) is 0 Å². The lowest BCUT2D eigenvalue weighted by atomic mass is 10.2. The molecule has 2 N–H and O–H groups in total. The Bertz CT molecular complexity index is 955. The van der Waals surface area contributed by atoms with E-state index in [4.69, 9.17) is 23.2 Å². The van der Waals surface area contributed by atoms with Gasteiger partial charge in [0.1, 0.15) is 0 Å². The van der Waals surface area contributed by atoms with Gasteiger partial charge in [-0.2, -0.15) is 0 Å². The van der Waals surface area contributed by atoms with Crippen LogP contribution in [0.3, 0.4) is 0 Å². The van der Waals surface area contributed by atoms with Crippen molar-refractivity contribution < 1.29 is 13.2 Å². The van der Waals surface area contributed by atoms with Crippen LogP contribution in [0.2, 0.25) is 10.0 Å². The van der Waals surface area contributed by atoms with Crippen LogP contribution >= 0.6 is 23.2 Å². The van der Waals surface area contributed by atoms with Crippen LogP contribution in [0.1, 0.15) is 11.1 Å². The Morgan fingerprint density at radius 2 is 1.81 bits per heavy atom. The number of carbonyl (C=O) groups is 1. The highest BCUT2D eigenvalue weighted by Gasteiger charge is 2.10. The molecule has 0 saturated carbocycles. The van der Waals surface area contributed by atoms with Gasteiger partial charge in [0.05, 0.1) is 15.8 Å². The van der Waals surface area contributed by atoms with Gasteiger partial charge in [-0.15, -0.1) is 6.58 Å². The van der Waals surface area contributed by atoms with Gasteiger partial charge in [0, 0.05) is 18.3 Å². The molecule has 0 saturated heterocycles. The molecule has 0 radical (unpaired) electrons. The molecule has 2 rings (SSSR count). The van der Waals surface area contributed by atoms with Crippen LogP contribution in [-0.4, -0.2) is 20.9 Å². The third kappa shape index (κ3) is 6.84. The molecule has 0 spiro atoms. The van der Waals surface area contributed by atoms with E-state index in [2.05, 4.69) is 16.6 Å². The number of hydrogen-bond acceptors (Lipinski definition) is 3. The van der Waals surface area contributed by atoms with Crippen molar-refractivity contribution in [1.29, 1.82) is 0 Å². The molecule has 0 heterocycles. The number of hydrogen-bond donors (Lipinski definition) is 2. The third-order valence-corrected chi connectivity index (χ3v) is 5.57. The molecule has 142 valence electrons. The molecule has 8 heteroatoms. The predicted molar refractivity (Wildman–Crippen MR) is 111 cm³/mol. The zero-order valence-electron chi connectivity index (χ0n) is 14.3. The summed E-state index contributed by atoms with van der Waals surface area (Å²) in [5.41, 5.74) is 1.78. The summed E-state index contributed by atoms with van der Waals surface area (Å²) in [7, 11) is -3.42. The van der Waals surface area contributed by atoms with Gasteiger partial charge >= 0.3 is 0 Å². The van der Waals surface area contributed by atoms with E-state index in [-0.39, 0.29) is 18.2 Å². The minimum atomic E-state index is -3.42. The second-order valence-corrected chi connectivity index (χ2v) is 8.15. The zero-order chi connectivity index (χ0) is 19.9. The molecule has 2 aromatic rings. The van der Waals surface area contributed by atoms with Crippen molar-refractivity contribution >= 4 is 50.9 Å². The Labute approximate surface area is 168 Å². The second-order valence-electron chi connectivity index (χ2n) is 5.56. The maximum Gasteiger partial charge on any atom is 0.248 e. The van der Waals surface area contributed by atoms with E-state index in [9.17, 15) is 13.2 Å². The first-order valence-electron chi connectivity index (χ1n) is 7.91. The van der Waals surface area contributed by atoms with Gasteiger partial charge in [-0.25, -0.2) is 13.1 Å². The molecular formula is C19H18Cl2N2O3S. The van der Waals surface area contributed by atoms with Crippen molar-refractivity contribution in [2.45, 2.75) is 5.75 Å². The predicted octanol–water partition coefficient (Wildman–Crippen LogP) is 4.25. The van der Waals surface area contributed by atoms with Gasteiger partial charge in [-0.3, -0.25) is 4.79 Å². The summed E-state index contributed by atoms with van der Waals surface area (Å²) < 4.78 is 26.1. The number of nitrogens with one attached hydrogen (secondary N) is 2. The molecule has 2 aromatic carbocycles. The summed E-state index contributed by atoms with van der Waals surface area (Å²) in [6.07, 6.45) is 4.38. The molecule has 0 atom stereocenters. The van der Waals surface area contributed by atoms with Gasteiger partial charge in [-0.05, 0) is 35.4 Å². The Hall–Kier alpha value is -2.12. The lowest BCUT2D eigenvalue weighted by Crippen LogP contribution is -2.25. The minimum absolute atomic E-state index is 0.151. The first-order chi connectivity index (χ1) is 12.8. The lowest BCUT2D eigenvalue weighted by Gasteiger charge is -2.07. The van der Waals surface area contributed by atoms with Crippen LogP contribution in [0.15, 0.2) is 61.2 Å². The highest BCUT2D eigenvalue weighted by molar-refractivity contribution is 7.88. The molecule has 1 amide bonds.